The number of ether oxygens (including phenoxy) is 4. The molecule has 0 aliphatic heterocycles. The van der Waals surface area contributed by atoms with Crippen LogP contribution in [-0.4, -0.2) is 40.2 Å². The Morgan fingerprint density at radius 2 is 1.96 bits per heavy atom. The highest BCUT2D eigenvalue weighted by molar-refractivity contribution is 5.88. The molecule has 0 heterocycles. The van der Waals surface area contributed by atoms with Crippen LogP contribution in [0.2, 0.25) is 0 Å². The minimum Gasteiger partial charge on any atom is -0.467 e. The molecule has 1 aliphatic carbocycles. The molecule has 0 radical (unpaired) electrons. The van der Waals surface area contributed by atoms with E-state index in [1.54, 1.807) is 14.2 Å². The molecule has 23 heavy (non-hydrogen) atoms. The molecule has 1 aliphatic rings. The van der Waals surface area contributed by atoms with Crippen molar-refractivity contribution in [3.05, 3.63) is 28.8 Å². The van der Waals surface area contributed by atoms with Crippen LogP contribution in [0.15, 0.2) is 12.1 Å². The summed E-state index contributed by atoms with van der Waals surface area (Å²) in [5.74, 6) is 0.581. The molecule has 0 saturated heterocycles. The zero-order valence-corrected chi connectivity index (χ0v) is 14.4. The summed E-state index contributed by atoms with van der Waals surface area (Å²) in [7, 11) is 3.26. The zero-order valence-electron chi connectivity index (χ0n) is 14.4. The molecule has 1 aromatic carbocycles. The van der Waals surface area contributed by atoms with E-state index in [1.807, 2.05) is 19.9 Å². The molecular formula is C18H26O5. The van der Waals surface area contributed by atoms with Gasteiger partial charge in [0.2, 0.25) is 0 Å². The molecule has 0 bridgehead atoms. The molecule has 1 aromatic rings. The summed E-state index contributed by atoms with van der Waals surface area (Å²) in [6.45, 7) is 4.95. The SMILES string of the molecule is CCOC(=O)C1(c2c(CCOC)ccc(C)c2OCOC)CC1. The van der Waals surface area contributed by atoms with Crippen LogP contribution in [0.25, 0.3) is 0 Å². The third-order valence-electron chi connectivity index (χ3n) is 4.23. The van der Waals surface area contributed by atoms with Crippen molar-refractivity contribution in [2.24, 2.45) is 0 Å². The fourth-order valence-electron chi connectivity index (χ4n) is 2.93. The summed E-state index contributed by atoms with van der Waals surface area (Å²) in [6.07, 6.45) is 2.31. The molecule has 0 spiro atoms. The smallest absolute Gasteiger partial charge is 0.316 e. The molecule has 1 saturated carbocycles. The molecular weight excluding hydrogens is 296 g/mol. The van der Waals surface area contributed by atoms with Gasteiger partial charge in [-0.1, -0.05) is 12.1 Å². The Labute approximate surface area is 137 Å². The van der Waals surface area contributed by atoms with Gasteiger partial charge >= 0.3 is 5.97 Å². The number of aryl methyl sites for hydroxylation is 1. The van der Waals surface area contributed by atoms with Crippen LogP contribution in [-0.2, 0) is 30.8 Å². The van der Waals surface area contributed by atoms with Gasteiger partial charge in [-0.2, -0.15) is 0 Å². The van der Waals surface area contributed by atoms with Gasteiger partial charge < -0.3 is 18.9 Å². The molecule has 128 valence electrons. The van der Waals surface area contributed by atoms with Gasteiger partial charge in [-0.25, -0.2) is 0 Å². The summed E-state index contributed by atoms with van der Waals surface area (Å²) >= 11 is 0. The van der Waals surface area contributed by atoms with Crippen molar-refractivity contribution in [3.63, 3.8) is 0 Å². The van der Waals surface area contributed by atoms with E-state index < -0.39 is 5.41 Å². The van der Waals surface area contributed by atoms with Gasteiger partial charge in [0, 0.05) is 19.8 Å². The number of hydrogen-bond donors (Lipinski definition) is 0. The van der Waals surface area contributed by atoms with Crippen molar-refractivity contribution in [1.82, 2.24) is 0 Å². The van der Waals surface area contributed by atoms with E-state index in [4.69, 9.17) is 18.9 Å². The van der Waals surface area contributed by atoms with Crippen molar-refractivity contribution < 1.29 is 23.7 Å². The maximum Gasteiger partial charge on any atom is 0.316 e. The topological polar surface area (TPSA) is 54.0 Å². The average Bonchev–Trinajstić information content (AvgIpc) is 3.34. The standard InChI is InChI=1S/C18H26O5/c1-5-22-17(19)18(9-10-18)15-14(8-11-20-3)7-6-13(2)16(15)23-12-21-4/h6-7H,5,8-12H2,1-4H3. The Hall–Kier alpha value is -1.59. The van der Waals surface area contributed by atoms with E-state index in [2.05, 4.69) is 6.07 Å². The van der Waals surface area contributed by atoms with Crippen molar-refractivity contribution in [1.29, 1.82) is 0 Å². The van der Waals surface area contributed by atoms with Crippen LogP contribution in [0.3, 0.4) is 0 Å². The maximum absolute atomic E-state index is 12.6. The highest BCUT2D eigenvalue weighted by Crippen LogP contribution is 2.54. The molecule has 0 atom stereocenters. The van der Waals surface area contributed by atoms with Crippen LogP contribution in [0.4, 0.5) is 0 Å². The summed E-state index contributed by atoms with van der Waals surface area (Å²) < 4.78 is 21.4. The van der Waals surface area contributed by atoms with Crippen LogP contribution in [0.1, 0.15) is 36.5 Å². The largest absolute Gasteiger partial charge is 0.467 e. The minimum atomic E-state index is -0.575. The number of hydrogen-bond acceptors (Lipinski definition) is 5. The monoisotopic (exact) mass is 322 g/mol. The van der Waals surface area contributed by atoms with Crippen molar-refractivity contribution >= 4 is 5.97 Å². The van der Waals surface area contributed by atoms with Gasteiger partial charge in [-0.3, -0.25) is 4.79 Å². The third-order valence-corrected chi connectivity index (χ3v) is 4.23. The summed E-state index contributed by atoms with van der Waals surface area (Å²) in [4.78, 5) is 12.6. The van der Waals surface area contributed by atoms with E-state index >= 15 is 0 Å². The second-order valence-corrected chi connectivity index (χ2v) is 5.84. The van der Waals surface area contributed by atoms with E-state index in [0.717, 1.165) is 41.7 Å². The number of benzene rings is 1. The molecule has 5 heteroatoms. The van der Waals surface area contributed by atoms with E-state index in [1.165, 1.54) is 0 Å². The first-order valence-electron chi connectivity index (χ1n) is 8.01. The van der Waals surface area contributed by atoms with Gasteiger partial charge in [-0.15, -0.1) is 0 Å². The molecule has 0 aromatic heterocycles. The minimum absolute atomic E-state index is 0.153. The van der Waals surface area contributed by atoms with Crippen molar-refractivity contribution in [2.45, 2.75) is 38.5 Å². The number of carbonyl (C=O) groups is 1. The number of rotatable bonds is 9. The first-order chi connectivity index (χ1) is 11.1. The van der Waals surface area contributed by atoms with E-state index in [0.29, 0.717) is 13.2 Å². The fourth-order valence-corrected chi connectivity index (χ4v) is 2.93. The lowest BCUT2D eigenvalue weighted by Gasteiger charge is -2.23. The molecule has 1 fully saturated rings. The maximum atomic E-state index is 12.6. The van der Waals surface area contributed by atoms with Crippen LogP contribution in [0.5, 0.6) is 5.75 Å². The third kappa shape index (κ3) is 3.67. The molecule has 0 unspecified atom stereocenters. The van der Waals surface area contributed by atoms with Crippen molar-refractivity contribution in [3.8, 4) is 5.75 Å². The predicted octanol–water partition coefficient (Wildman–Crippen LogP) is 2.76. The highest BCUT2D eigenvalue weighted by atomic mass is 16.7. The quantitative estimate of drug-likeness (QED) is 0.517. The first-order valence-corrected chi connectivity index (χ1v) is 8.01. The fraction of sp³-hybridized carbons (Fsp3) is 0.611. The number of carbonyl (C=O) groups excluding carboxylic acids is 1. The number of methoxy groups -OCH3 is 2. The summed E-state index contributed by atoms with van der Waals surface area (Å²) in [5.41, 5.74) is 2.45. The molecule has 5 nitrogen and oxygen atoms in total. The lowest BCUT2D eigenvalue weighted by atomic mass is 9.87. The van der Waals surface area contributed by atoms with Crippen LogP contribution >= 0.6 is 0 Å². The van der Waals surface area contributed by atoms with Crippen LogP contribution in [0, 0.1) is 6.92 Å². The second kappa shape index (κ2) is 7.79. The molecule has 0 amide bonds. The average molecular weight is 322 g/mol. The Morgan fingerprint density at radius 3 is 2.52 bits per heavy atom. The summed E-state index contributed by atoms with van der Waals surface area (Å²) in [5, 5.41) is 0. The summed E-state index contributed by atoms with van der Waals surface area (Å²) in [6, 6.07) is 4.07. The van der Waals surface area contributed by atoms with Crippen molar-refractivity contribution in [2.75, 3.05) is 34.2 Å². The van der Waals surface area contributed by atoms with Crippen LogP contribution < -0.4 is 4.74 Å². The van der Waals surface area contributed by atoms with E-state index in [9.17, 15) is 4.79 Å². The number of esters is 1. The van der Waals surface area contributed by atoms with Gasteiger partial charge in [-0.05, 0) is 44.2 Å². The Kier molecular flexibility index (Phi) is 6.02. The normalized spacial score (nSPS) is 15.3. The van der Waals surface area contributed by atoms with Gasteiger partial charge in [0.15, 0.2) is 6.79 Å². The van der Waals surface area contributed by atoms with E-state index in [-0.39, 0.29) is 12.8 Å². The Bertz CT molecular complexity index is 549. The Balaban J connectivity index is 2.47. The van der Waals surface area contributed by atoms with Gasteiger partial charge in [0.25, 0.3) is 0 Å². The molecule has 0 N–H and O–H groups in total. The van der Waals surface area contributed by atoms with Gasteiger partial charge in [0.05, 0.1) is 18.6 Å². The molecule has 2 rings (SSSR count). The second-order valence-electron chi connectivity index (χ2n) is 5.84. The first kappa shape index (κ1) is 17.8. The highest BCUT2D eigenvalue weighted by Gasteiger charge is 2.55. The Morgan fingerprint density at radius 1 is 1.22 bits per heavy atom. The van der Waals surface area contributed by atoms with Gasteiger partial charge in [0.1, 0.15) is 5.75 Å². The predicted molar refractivity (Wildman–Crippen MR) is 86.8 cm³/mol. The lowest BCUT2D eigenvalue weighted by Crippen LogP contribution is -2.26. The lowest BCUT2D eigenvalue weighted by molar-refractivity contribution is -0.146. The zero-order chi connectivity index (χ0) is 16.9.